The van der Waals surface area contributed by atoms with Crippen molar-refractivity contribution < 1.29 is 9.13 Å². The first-order valence-electron chi connectivity index (χ1n) is 10.8. The Morgan fingerprint density at radius 2 is 1.94 bits per heavy atom. The van der Waals surface area contributed by atoms with Gasteiger partial charge in [-0.15, -0.1) is 0 Å². The molecule has 1 spiro atoms. The second-order valence-electron chi connectivity index (χ2n) is 8.99. The summed E-state index contributed by atoms with van der Waals surface area (Å²) in [5.74, 6) is 0.582. The summed E-state index contributed by atoms with van der Waals surface area (Å²) in [6.07, 6.45) is 9.95. The highest BCUT2D eigenvalue weighted by atomic mass is 35.5. The average molecular weight is 474 g/mol. The van der Waals surface area contributed by atoms with Gasteiger partial charge in [0.15, 0.2) is 11.6 Å². The van der Waals surface area contributed by atoms with Gasteiger partial charge in [0.1, 0.15) is 5.82 Å². The summed E-state index contributed by atoms with van der Waals surface area (Å²) in [4.78, 5) is 4.49. The van der Waals surface area contributed by atoms with Crippen LogP contribution in [0.3, 0.4) is 0 Å². The average Bonchev–Trinajstić information content (AvgIpc) is 3.42. The number of benzene rings is 1. The third-order valence-corrected chi connectivity index (χ3v) is 7.73. The number of nitrogens with one attached hydrogen (secondary N) is 2. The zero-order valence-electron chi connectivity index (χ0n) is 17.2. The molecule has 1 aromatic carbocycles. The Hall–Kier alpha value is -2.35. The molecule has 3 aliphatic rings. The summed E-state index contributed by atoms with van der Waals surface area (Å²) in [6, 6.07) is 5.07. The topological polar surface area (TPSA) is 64.0 Å². The number of halogens is 3. The van der Waals surface area contributed by atoms with Crippen LogP contribution in [0.5, 0.6) is 5.75 Å². The minimum absolute atomic E-state index is 0.0590. The molecule has 2 aromatic heterocycles. The summed E-state index contributed by atoms with van der Waals surface area (Å²) in [6.45, 7) is 2.25. The molecule has 1 atom stereocenters. The lowest BCUT2D eigenvalue weighted by Crippen LogP contribution is -2.46. The predicted octanol–water partition coefficient (Wildman–Crippen LogP) is 5.60. The Morgan fingerprint density at radius 3 is 2.75 bits per heavy atom. The largest absolute Gasteiger partial charge is 0.462 e. The number of fused-ring (bicyclic) bond motifs is 1. The summed E-state index contributed by atoms with van der Waals surface area (Å²) in [5.41, 5.74) is 2.76. The van der Waals surface area contributed by atoms with Crippen molar-refractivity contribution in [2.24, 2.45) is 5.41 Å². The Morgan fingerprint density at radius 1 is 1.12 bits per heavy atom. The highest BCUT2D eigenvalue weighted by molar-refractivity contribution is 6.36. The van der Waals surface area contributed by atoms with Crippen molar-refractivity contribution in [2.75, 3.05) is 18.4 Å². The fourth-order valence-corrected chi connectivity index (χ4v) is 5.74. The minimum Gasteiger partial charge on any atom is -0.462 e. The molecule has 2 N–H and O–H groups in total. The van der Waals surface area contributed by atoms with Crippen molar-refractivity contribution >= 4 is 29.0 Å². The Kier molecular flexibility index (Phi) is 4.82. The normalized spacial score (nSPS) is 21.7. The van der Waals surface area contributed by atoms with Crippen LogP contribution < -0.4 is 15.4 Å². The van der Waals surface area contributed by atoms with Gasteiger partial charge in [0, 0.05) is 23.5 Å². The quantitative estimate of drug-likeness (QED) is 0.484. The van der Waals surface area contributed by atoms with Crippen LogP contribution in [0.15, 0.2) is 36.8 Å². The zero-order chi connectivity index (χ0) is 21.9. The van der Waals surface area contributed by atoms with E-state index in [-0.39, 0.29) is 5.02 Å². The molecule has 0 radical (unpaired) electrons. The maximum Gasteiger partial charge on any atom is 0.200 e. The van der Waals surface area contributed by atoms with Gasteiger partial charge in [-0.05, 0) is 62.4 Å². The summed E-state index contributed by atoms with van der Waals surface area (Å²) in [5, 5.41) is 11.5. The van der Waals surface area contributed by atoms with Crippen molar-refractivity contribution in [1.29, 1.82) is 0 Å². The molecule has 2 aliphatic heterocycles. The lowest BCUT2D eigenvalue weighted by atomic mass is 9.60. The molecule has 1 saturated heterocycles. The minimum atomic E-state index is -0.706. The first-order valence-corrected chi connectivity index (χ1v) is 11.6. The van der Waals surface area contributed by atoms with Crippen LogP contribution in [0.4, 0.5) is 10.2 Å². The first-order chi connectivity index (χ1) is 15.5. The maximum atomic E-state index is 13.9. The van der Waals surface area contributed by atoms with E-state index in [1.165, 1.54) is 37.8 Å². The van der Waals surface area contributed by atoms with Crippen LogP contribution >= 0.6 is 23.2 Å². The second kappa shape index (κ2) is 7.61. The summed E-state index contributed by atoms with van der Waals surface area (Å²) >= 11 is 12.4. The fraction of sp³-hybridized carbons (Fsp3) is 0.391. The van der Waals surface area contributed by atoms with Gasteiger partial charge in [-0.3, -0.25) is 4.68 Å². The van der Waals surface area contributed by atoms with Gasteiger partial charge < -0.3 is 15.4 Å². The van der Waals surface area contributed by atoms with Crippen molar-refractivity contribution in [3.8, 4) is 16.9 Å². The SMILES string of the molecule is Fc1ccc(Cl)c([C@H]2Nc3ncc(-c4cnn(C5CC6(CCNCC6)C5)c4)cc3O2)c1Cl. The van der Waals surface area contributed by atoms with E-state index in [2.05, 4.69) is 31.6 Å². The van der Waals surface area contributed by atoms with Crippen molar-refractivity contribution in [3.05, 3.63) is 58.2 Å². The molecule has 2 fully saturated rings. The van der Waals surface area contributed by atoms with E-state index in [1.807, 2.05) is 12.3 Å². The van der Waals surface area contributed by atoms with Gasteiger partial charge in [0.05, 0.1) is 27.8 Å². The number of pyridine rings is 1. The standard InChI is InChI=1S/C23H22Cl2FN5O/c24-16-1-2-17(26)20(25)19(16)22-30-21-18(32-22)7-13(10-28-21)14-11-29-31(12-14)15-8-23(9-15)3-5-27-6-4-23/h1-2,7,10-12,15,22,27H,3-6,8-9H2,(H,28,30)/t22-/m0/s1. The number of piperidine rings is 1. The van der Waals surface area contributed by atoms with Gasteiger partial charge in [0.25, 0.3) is 0 Å². The number of ether oxygens (including phenoxy) is 1. The van der Waals surface area contributed by atoms with Gasteiger partial charge in [-0.2, -0.15) is 5.10 Å². The van der Waals surface area contributed by atoms with Crippen LogP contribution in [0.25, 0.3) is 11.1 Å². The van der Waals surface area contributed by atoms with Crippen LogP contribution in [0, 0.1) is 11.2 Å². The smallest absolute Gasteiger partial charge is 0.200 e. The van der Waals surface area contributed by atoms with Gasteiger partial charge in [-0.25, -0.2) is 9.37 Å². The summed E-state index contributed by atoms with van der Waals surface area (Å²) < 4.78 is 22.0. The molecule has 32 heavy (non-hydrogen) atoms. The predicted molar refractivity (Wildman–Crippen MR) is 122 cm³/mol. The highest BCUT2D eigenvalue weighted by Crippen LogP contribution is 2.53. The molecular weight excluding hydrogens is 452 g/mol. The van der Waals surface area contributed by atoms with E-state index in [0.717, 1.165) is 24.2 Å². The molecule has 1 aliphatic carbocycles. The van der Waals surface area contributed by atoms with Gasteiger partial charge in [0.2, 0.25) is 6.23 Å². The number of rotatable bonds is 3. The highest BCUT2D eigenvalue weighted by Gasteiger charge is 2.45. The molecular formula is C23H22Cl2FN5O. The molecule has 0 bridgehead atoms. The lowest BCUT2D eigenvalue weighted by molar-refractivity contribution is 0.0230. The van der Waals surface area contributed by atoms with Gasteiger partial charge in [-0.1, -0.05) is 23.2 Å². The van der Waals surface area contributed by atoms with Crippen LogP contribution in [0.2, 0.25) is 10.0 Å². The molecule has 6 rings (SSSR count). The molecule has 4 heterocycles. The molecule has 0 unspecified atom stereocenters. The number of nitrogens with zero attached hydrogens (tertiary/aromatic N) is 3. The number of hydrogen-bond acceptors (Lipinski definition) is 5. The zero-order valence-corrected chi connectivity index (χ0v) is 18.8. The molecule has 6 nitrogen and oxygen atoms in total. The van der Waals surface area contributed by atoms with Crippen molar-refractivity contribution in [2.45, 2.75) is 38.0 Å². The van der Waals surface area contributed by atoms with Gasteiger partial charge >= 0.3 is 0 Å². The number of anilines is 1. The number of aromatic nitrogens is 3. The van der Waals surface area contributed by atoms with Crippen LogP contribution in [0.1, 0.15) is 43.5 Å². The molecule has 1 saturated carbocycles. The molecule has 166 valence electrons. The van der Waals surface area contributed by atoms with Crippen molar-refractivity contribution in [3.63, 3.8) is 0 Å². The molecule has 0 amide bonds. The number of hydrogen-bond donors (Lipinski definition) is 2. The third kappa shape index (κ3) is 3.34. The summed E-state index contributed by atoms with van der Waals surface area (Å²) in [7, 11) is 0. The van der Waals surface area contributed by atoms with E-state index >= 15 is 0 Å². The van der Waals surface area contributed by atoms with E-state index < -0.39 is 12.0 Å². The van der Waals surface area contributed by atoms with E-state index in [4.69, 9.17) is 27.9 Å². The Balaban J connectivity index is 1.20. The van der Waals surface area contributed by atoms with Crippen LogP contribution in [-0.2, 0) is 0 Å². The Bertz CT molecular complexity index is 1190. The molecule has 9 heteroatoms. The third-order valence-electron chi connectivity index (χ3n) is 7.02. The lowest BCUT2D eigenvalue weighted by Gasteiger charge is -2.50. The van der Waals surface area contributed by atoms with Crippen LogP contribution in [-0.4, -0.2) is 27.9 Å². The van der Waals surface area contributed by atoms with Crippen molar-refractivity contribution in [1.82, 2.24) is 20.1 Å². The monoisotopic (exact) mass is 473 g/mol. The van der Waals surface area contributed by atoms with E-state index in [0.29, 0.717) is 33.6 Å². The van der Waals surface area contributed by atoms with E-state index in [1.54, 1.807) is 6.20 Å². The second-order valence-corrected chi connectivity index (χ2v) is 9.78. The maximum absolute atomic E-state index is 13.9. The fourth-order valence-electron chi connectivity index (χ4n) is 5.17. The first kappa shape index (κ1) is 20.3. The van der Waals surface area contributed by atoms with E-state index in [9.17, 15) is 4.39 Å². The molecule has 3 aromatic rings. The Labute approximate surface area is 195 Å².